The van der Waals surface area contributed by atoms with Gasteiger partial charge in [0.1, 0.15) is 11.6 Å². The fourth-order valence-electron chi connectivity index (χ4n) is 3.07. The monoisotopic (exact) mass is 365 g/mol. The second-order valence-corrected chi connectivity index (χ2v) is 5.79. The maximum absolute atomic E-state index is 14.2. The molecule has 0 amide bonds. The molecule has 1 aromatic carbocycles. The zero-order valence-corrected chi connectivity index (χ0v) is 14.4. The first-order valence-electron chi connectivity index (χ1n) is 7.51. The molecule has 0 fully saturated rings. The van der Waals surface area contributed by atoms with Crippen LogP contribution >= 0.6 is 12.4 Å². The zero-order chi connectivity index (χ0) is 17.3. The Balaban J connectivity index is 0.00000225. The number of guanidine groups is 1. The molecular weight excluding hydrogens is 348 g/mol. The van der Waals surface area contributed by atoms with E-state index in [1.807, 2.05) is 13.0 Å². The first kappa shape index (κ1) is 18.8. The van der Waals surface area contributed by atoms with Gasteiger partial charge in [-0.2, -0.15) is 5.10 Å². The van der Waals surface area contributed by atoms with Crippen molar-refractivity contribution < 1.29 is 8.78 Å². The van der Waals surface area contributed by atoms with Crippen molar-refractivity contribution in [3.63, 3.8) is 0 Å². The van der Waals surface area contributed by atoms with E-state index in [0.29, 0.717) is 24.1 Å². The predicted octanol–water partition coefficient (Wildman–Crippen LogP) is 2.80. The van der Waals surface area contributed by atoms with Crippen LogP contribution in [0.4, 0.5) is 8.78 Å². The van der Waals surface area contributed by atoms with Crippen molar-refractivity contribution in [3.05, 3.63) is 64.5 Å². The van der Waals surface area contributed by atoms with E-state index < -0.39 is 11.6 Å². The van der Waals surface area contributed by atoms with Gasteiger partial charge in [-0.05, 0) is 48.9 Å². The molecule has 0 spiro atoms. The van der Waals surface area contributed by atoms with Gasteiger partial charge in [-0.25, -0.2) is 8.78 Å². The van der Waals surface area contributed by atoms with Crippen LogP contribution in [0.15, 0.2) is 40.7 Å². The van der Waals surface area contributed by atoms with Crippen molar-refractivity contribution >= 4 is 24.1 Å². The molecule has 8 heteroatoms. The van der Waals surface area contributed by atoms with Gasteiger partial charge in [-0.15, -0.1) is 17.5 Å². The molecule has 0 bridgehead atoms. The Morgan fingerprint density at radius 1 is 1.20 bits per heavy atom. The fraction of sp³-hybridized carbons (Fsp3) is 0.235. The van der Waals surface area contributed by atoms with Crippen LogP contribution in [-0.4, -0.2) is 16.7 Å². The molecule has 0 radical (unpaired) electrons. The lowest BCUT2D eigenvalue weighted by atomic mass is 9.80. The largest absolute Gasteiger partial charge is 0.369 e. The van der Waals surface area contributed by atoms with Crippen molar-refractivity contribution in [2.75, 3.05) is 0 Å². The van der Waals surface area contributed by atoms with E-state index in [-0.39, 0.29) is 24.3 Å². The molecule has 0 saturated carbocycles. The minimum Gasteiger partial charge on any atom is -0.369 e. The lowest BCUT2D eigenvalue weighted by Crippen LogP contribution is -2.24. The van der Waals surface area contributed by atoms with E-state index in [0.717, 1.165) is 22.9 Å². The maximum atomic E-state index is 14.2. The van der Waals surface area contributed by atoms with Crippen LogP contribution < -0.4 is 11.5 Å². The van der Waals surface area contributed by atoms with Crippen molar-refractivity contribution in [1.82, 2.24) is 4.98 Å². The number of hydrogen-bond acceptors (Lipinski definition) is 3. The summed E-state index contributed by atoms with van der Waals surface area (Å²) in [6, 6.07) is 5.49. The van der Waals surface area contributed by atoms with Gasteiger partial charge in [0.15, 0.2) is 0 Å². The summed E-state index contributed by atoms with van der Waals surface area (Å²) in [7, 11) is 0. The van der Waals surface area contributed by atoms with Crippen molar-refractivity contribution in [3.8, 4) is 0 Å². The van der Waals surface area contributed by atoms with Crippen LogP contribution in [0.5, 0.6) is 0 Å². The van der Waals surface area contributed by atoms with Crippen LogP contribution in [0.25, 0.3) is 0 Å². The Morgan fingerprint density at radius 3 is 2.64 bits per heavy atom. The Hall–Kier alpha value is -2.54. The van der Waals surface area contributed by atoms with Crippen LogP contribution in [0, 0.1) is 18.6 Å². The highest BCUT2D eigenvalue weighted by atomic mass is 35.5. The maximum Gasteiger partial charge on any atom is 0.211 e. The smallest absolute Gasteiger partial charge is 0.211 e. The van der Waals surface area contributed by atoms with Gasteiger partial charge in [-0.1, -0.05) is 6.07 Å². The third-order valence-corrected chi connectivity index (χ3v) is 4.09. The molecule has 0 saturated heterocycles. The molecule has 2 aromatic rings. The minimum atomic E-state index is -0.601. The highest BCUT2D eigenvalue weighted by Gasteiger charge is 2.29. The van der Waals surface area contributed by atoms with Crippen LogP contribution in [0.3, 0.4) is 0 Å². The summed E-state index contributed by atoms with van der Waals surface area (Å²) < 4.78 is 27.3. The molecule has 4 N–H and O–H groups in total. The number of rotatable bonds is 2. The number of nitrogens with two attached hydrogens (primary N) is 2. The molecular formula is C17H18ClF2N5. The quantitative estimate of drug-likeness (QED) is 0.487. The second-order valence-electron chi connectivity index (χ2n) is 5.79. The van der Waals surface area contributed by atoms with E-state index in [1.165, 1.54) is 12.1 Å². The number of hydrogen-bond donors (Lipinski definition) is 2. The number of nitrogens with zero attached hydrogens (tertiary/aromatic N) is 3. The average molecular weight is 366 g/mol. The van der Waals surface area contributed by atoms with E-state index in [9.17, 15) is 8.78 Å². The van der Waals surface area contributed by atoms with Gasteiger partial charge >= 0.3 is 0 Å². The standard InChI is InChI=1S/C17H17F2N5.ClH/c1-9-4-5-22-14-6-10(12-3-2-11(18)8-13(12)19)7-15(16(9)14)23-24-17(20)21;/h2-5,8,10H,6-7H2,1H3,(H4,20,21,24);1H. The Labute approximate surface area is 150 Å². The van der Waals surface area contributed by atoms with Crippen molar-refractivity contribution in [2.24, 2.45) is 21.7 Å². The number of aryl methyl sites for hydroxylation is 1. The molecule has 1 aliphatic carbocycles. The summed E-state index contributed by atoms with van der Waals surface area (Å²) in [5, 5.41) is 7.86. The average Bonchev–Trinajstić information content (AvgIpc) is 2.52. The van der Waals surface area contributed by atoms with Gasteiger partial charge in [0.2, 0.25) is 5.96 Å². The summed E-state index contributed by atoms with van der Waals surface area (Å²) in [5.74, 6) is -1.53. The van der Waals surface area contributed by atoms with E-state index in [1.54, 1.807) is 6.20 Å². The number of pyridine rings is 1. The Bertz CT molecular complexity index is 847. The molecule has 5 nitrogen and oxygen atoms in total. The van der Waals surface area contributed by atoms with Gasteiger partial charge < -0.3 is 11.5 Å². The molecule has 1 atom stereocenters. The van der Waals surface area contributed by atoms with Crippen LogP contribution in [-0.2, 0) is 6.42 Å². The molecule has 1 unspecified atom stereocenters. The van der Waals surface area contributed by atoms with E-state index in [2.05, 4.69) is 15.2 Å². The van der Waals surface area contributed by atoms with E-state index in [4.69, 9.17) is 11.5 Å². The summed E-state index contributed by atoms with van der Waals surface area (Å²) in [6.07, 6.45) is 2.69. The highest BCUT2D eigenvalue weighted by Crippen LogP contribution is 2.34. The first-order valence-corrected chi connectivity index (χ1v) is 7.51. The summed E-state index contributed by atoms with van der Waals surface area (Å²) >= 11 is 0. The third kappa shape index (κ3) is 3.93. The van der Waals surface area contributed by atoms with E-state index >= 15 is 0 Å². The Morgan fingerprint density at radius 2 is 1.96 bits per heavy atom. The number of aromatic nitrogens is 1. The molecule has 25 heavy (non-hydrogen) atoms. The molecule has 1 heterocycles. The fourth-order valence-corrected chi connectivity index (χ4v) is 3.07. The topological polar surface area (TPSA) is 89.6 Å². The van der Waals surface area contributed by atoms with Crippen LogP contribution in [0.1, 0.15) is 34.7 Å². The second kappa shape index (κ2) is 7.57. The summed E-state index contributed by atoms with van der Waals surface area (Å²) in [5.41, 5.74) is 14.5. The van der Waals surface area contributed by atoms with Gasteiger partial charge in [-0.3, -0.25) is 4.98 Å². The molecule has 1 aromatic heterocycles. The minimum absolute atomic E-state index is 0. The van der Waals surface area contributed by atoms with Gasteiger partial charge in [0.25, 0.3) is 0 Å². The lowest BCUT2D eigenvalue weighted by molar-refractivity contribution is 0.549. The predicted molar refractivity (Wildman–Crippen MR) is 96.0 cm³/mol. The van der Waals surface area contributed by atoms with Crippen molar-refractivity contribution in [2.45, 2.75) is 25.7 Å². The van der Waals surface area contributed by atoms with Gasteiger partial charge in [0.05, 0.1) is 11.4 Å². The lowest BCUT2D eigenvalue weighted by Gasteiger charge is -2.26. The first-order chi connectivity index (χ1) is 11.5. The SMILES string of the molecule is Cc1ccnc2c1C(=NN=C(N)N)CC(c1ccc(F)cc1F)C2.Cl. The number of benzene rings is 1. The van der Waals surface area contributed by atoms with Crippen molar-refractivity contribution in [1.29, 1.82) is 0 Å². The summed E-state index contributed by atoms with van der Waals surface area (Å²) in [6.45, 7) is 1.95. The molecule has 1 aliphatic rings. The molecule has 132 valence electrons. The zero-order valence-electron chi connectivity index (χ0n) is 13.5. The number of halogens is 3. The van der Waals surface area contributed by atoms with Crippen LogP contribution in [0.2, 0.25) is 0 Å². The molecule has 3 rings (SSSR count). The van der Waals surface area contributed by atoms with Gasteiger partial charge in [0, 0.05) is 17.8 Å². The normalized spacial score (nSPS) is 17.6. The third-order valence-electron chi connectivity index (χ3n) is 4.09. The summed E-state index contributed by atoms with van der Waals surface area (Å²) in [4.78, 5) is 4.39. The Kier molecular flexibility index (Phi) is 5.69. The number of fused-ring (bicyclic) bond motifs is 1. The molecule has 0 aliphatic heterocycles. The highest BCUT2D eigenvalue weighted by molar-refractivity contribution is 6.04.